The number of nitrogens with two attached hydrogens (primary N) is 1. The molecule has 0 bridgehead atoms. The van der Waals surface area contributed by atoms with Crippen LogP contribution in [0.5, 0.6) is 0 Å². The molecule has 0 saturated heterocycles. The molecule has 12 rings (SSSR count). The van der Waals surface area contributed by atoms with Crippen molar-refractivity contribution in [3.8, 4) is 48.8 Å². The van der Waals surface area contributed by atoms with Gasteiger partial charge >= 0.3 is 0 Å². The summed E-state index contributed by atoms with van der Waals surface area (Å²) in [7, 11) is 0. The molecular formula is C54H42Cl3N13OS3. The summed E-state index contributed by atoms with van der Waals surface area (Å²) < 4.78 is 8.15. The van der Waals surface area contributed by atoms with Crippen molar-refractivity contribution < 1.29 is 5.11 Å². The maximum absolute atomic E-state index is 9.72. The topological polar surface area (TPSA) is 187 Å². The highest BCUT2D eigenvalue weighted by atomic mass is 35.5. The van der Waals surface area contributed by atoms with Crippen molar-refractivity contribution in [1.82, 2.24) is 43.6 Å². The zero-order chi connectivity index (χ0) is 51.5. The van der Waals surface area contributed by atoms with Crippen LogP contribution in [-0.2, 0) is 0 Å². The molecule has 368 valence electrons. The third-order valence-corrected chi connectivity index (χ3v) is 15.5. The largest absolute Gasteiger partial charge is 0.389 e. The first-order valence-electron chi connectivity index (χ1n) is 22.9. The van der Waals surface area contributed by atoms with Gasteiger partial charge < -0.3 is 10.8 Å². The normalized spacial score (nSPS) is 12.4. The second kappa shape index (κ2) is 22.1. The Morgan fingerprint density at radius 1 is 0.514 bits per heavy atom. The molecule has 20 heteroatoms. The lowest BCUT2D eigenvalue weighted by atomic mass is 10.1. The summed E-state index contributed by atoms with van der Waals surface area (Å²) in [6.45, 7) is 5.59. The molecular weight excluding hydrogens is 1050 g/mol. The molecule has 0 aliphatic rings. The van der Waals surface area contributed by atoms with E-state index in [1.54, 1.807) is 38.2 Å². The monoisotopic (exact) mass is 1090 g/mol. The van der Waals surface area contributed by atoms with Crippen molar-refractivity contribution in [2.24, 2.45) is 10.8 Å². The van der Waals surface area contributed by atoms with Crippen molar-refractivity contribution in [3.63, 3.8) is 0 Å². The Labute approximate surface area is 451 Å². The summed E-state index contributed by atoms with van der Waals surface area (Å²) in [6, 6.07) is 42.1. The number of rotatable bonds is 10. The van der Waals surface area contributed by atoms with Gasteiger partial charge in [-0.05, 0) is 109 Å². The SMILES string of the molecule is CC(N)c1ccc2c(c1)ncn2-c1cccc(-c2ncc(Cl)s2)c1.CC(N=[N+]=[N-])c1ccc2c(c1)ncn2-c1cccc(-c2ncc(Cl)s2)c1.CC(O)c1ccc2c(c1)ncn2-c1cccc(-c2ncc(Cl)s2)c1. The number of fused-ring (bicyclic) bond motifs is 3. The molecule has 0 aliphatic heterocycles. The fourth-order valence-corrected chi connectivity index (χ4v) is 10.9. The highest BCUT2D eigenvalue weighted by molar-refractivity contribution is 7.19. The average Bonchev–Trinajstić information content (AvgIpc) is 4.30. The van der Waals surface area contributed by atoms with Crippen LogP contribution in [0.2, 0.25) is 13.0 Å². The van der Waals surface area contributed by atoms with Crippen LogP contribution in [-0.4, -0.2) is 48.7 Å². The Bertz CT molecular complexity index is 3830. The number of benzene rings is 6. The second-order valence-corrected chi connectivity index (χ2v) is 22.0. The molecule has 14 nitrogen and oxygen atoms in total. The fraction of sp³-hybridized carbons (Fsp3) is 0.111. The maximum Gasteiger partial charge on any atom is 0.124 e. The zero-order valence-electron chi connectivity index (χ0n) is 39.6. The summed E-state index contributed by atoms with van der Waals surface area (Å²) in [4.78, 5) is 29.4. The number of aliphatic hydroxyl groups is 1. The molecule has 0 aliphatic carbocycles. The summed E-state index contributed by atoms with van der Waals surface area (Å²) in [6.07, 6.45) is 9.92. The standard InChI is InChI=1S/C18H13ClN6S.C18H15ClN4S.C18H14ClN3OS/c1-11(23-24-20)12-5-6-16-15(8-12)22-10-25(16)14-4-2-3-13(7-14)18-21-9-17(19)26-18;1-11(20)12-5-6-16-15(8-12)22-10-23(16)14-4-2-3-13(7-14)18-21-9-17(19)24-18;1-11(23)12-5-6-16-15(8-12)21-10-22(16)14-4-2-3-13(7-14)18-20-9-17(19)24-18/h2-11H,1H3;2-11H,20H2,1H3;2-11,23H,1H3. The molecule has 74 heavy (non-hydrogen) atoms. The molecule has 12 aromatic rings. The van der Waals surface area contributed by atoms with Gasteiger partial charge in [-0.2, -0.15) is 0 Å². The van der Waals surface area contributed by atoms with E-state index in [1.807, 2.05) is 120 Å². The number of hydrogen-bond acceptors (Lipinski definition) is 12. The number of nitrogens with zero attached hydrogens (tertiary/aromatic N) is 12. The predicted molar refractivity (Wildman–Crippen MR) is 302 cm³/mol. The summed E-state index contributed by atoms with van der Waals surface area (Å²) in [5.74, 6) is 0. The lowest BCUT2D eigenvalue weighted by Gasteiger charge is -2.08. The van der Waals surface area contributed by atoms with Gasteiger partial charge in [0.25, 0.3) is 0 Å². The van der Waals surface area contributed by atoms with Gasteiger partial charge in [-0.3, -0.25) is 13.7 Å². The van der Waals surface area contributed by atoms with E-state index in [4.69, 9.17) is 46.1 Å². The Kier molecular flexibility index (Phi) is 15.0. The van der Waals surface area contributed by atoms with Crippen molar-refractivity contribution in [2.45, 2.75) is 39.0 Å². The van der Waals surface area contributed by atoms with E-state index in [2.05, 4.69) is 80.9 Å². The molecule has 0 saturated carbocycles. The van der Waals surface area contributed by atoms with Crippen molar-refractivity contribution in [1.29, 1.82) is 0 Å². The van der Waals surface area contributed by atoms with Crippen LogP contribution in [0.1, 0.15) is 55.6 Å². The molecule has 3 atom stereocenters. The van der Waals surface area contributed by atoms with Crippen LogP contribution in [0.25, 0.3) is 92.3 Å². The zero-order valence-corrected chi connectivity index (χ0v) is 44.3. The van der Waals surface area contributed by atoms with Gasteiger partial charge in [-0.25, -0.2) is 29.9 Å². The van der Waals surface area contributed by atoms with Gasteiger partial charge in [0.1, 0.15) is 47.0 Å². The van der Waals surface area contributed by atoms with E-state index in [0.717, 1.165) is 98.6 Å². The van der Waals surface area contributed by atoms with E-state index >= 15 is 0 Å². The Morgan fingerprint density at radius 3 is 1.23 bits per heavy atom. The van der Waals surface area contributed by atoms with E-state index in [0.29, 0.717) is 13.0 Å². The summed E-state index contributed by atoms with van der Waals surface area (Å²) in [5, 5.41) is 16.1. The van der Waals surface area contributed by atoms with Crippen LogP contribution in [0.3, 0.4) is 0 Å². The molecule has 3 N–H and O–H groups in total. The highest BCUT2D eigenvalue weighted by Gasteiger charge is 2.14. The van der Waals surface area contributed by atoms with Crippen molar-refractivity contribution in [3.05, 3.63) is 205 Å². The van der Waals surface area contributed by atoms with Crippen molar-refractivity contribution >= 4 is 102 Å². The number of aromatic nitrogens is 9. The molecule has 0 radical (unpaired) electrons. The fourth-order valence-electron chi connectivity index (χ4n) is 8.18. The molecule has 6 aromatic heterocycles. The first kappa shape index (κ1) is 50.3. The van der Waals surface area contributed by atoms with Gasteiger partial charge in [-0.15, -0.1) is 34.0 Å². The lowest BCUT2D eigenvalue weighted by molar-refractivity contribution is 0.199. The Balaban J connectivity index is 0.000000127. The van der Waals surface area contributed by atoms with E-state index in [1.165, 1.54) is 34.0 Å². The summed E-state index contributed by atoms with van der Waals surface area (Å²) in [5.41, 5.74) is 29.2. The van der Waals surface area contributed by atoms with Crippen LogP contribution in [0, 0.1) is 0 Å². The number of hydrogen-bond donors (Lipinski definition) is 2. The first-order chi connectivity index (χ1) is 35.9. The minimum atomic E-state index is -0.502. The first-order valence-corrected chi connectivity index (χ1v) is 26.5. The predicted octanol–water partition coefficient (Wildman–Crippen LogP) is 15.9. The van der Waals surface area contributed by atoms with Gasteiger partial charge in [0.05, 0.1) is 63.8 Å². The lowest BCUT2D eigenvalue weighted by Crippen LogP contribution is -2.04. The Morgan fingerprint density at radius 2 is 0.878 bits per heavy atom. The number of azide groups is 1. The van der Waals surface area contributed by atoms with Gasteiger partial charge in [0, 0.05) is 44.7 Å². The molecule has 6 aromatic carbocycles. The number of aliphatic hydroxyl groups excluding tert-OH is 1. The quantitative estimate of drug-likeness (QED) is 0.0769. The van der Waals surface area contributed by atoms with Gasteiger partial charge in [0.2, 0.25) is 0 Å². The molecule has 3 unspecified atom stereocenters. The minimum absolute atomic E-state index is 0.00229. The van der Waals surface area contributed by atoms with E-state index < -0.39 is 6.10 Å². The van der Waals surface area contributed by atoms with Crippen LogP contribution >= 0.6 is 68.8 Å². The maximum atomic E-state index is 9.72. The van der Waals surface area contributed by atoms with Crippen LogP contribution in [0.4, 0.5) is 0 Å². The number of halogens is 3. The van der Waals surface area contributed by atoms with Crippen LogP contribution in [0.15, 0.2) is 170 Å². The second-order valence-electron chi connectivity index (χ2n) is 17.0. The average molecular weight is 1090 g/mol. The molecule has 0 spiro atoms. The van der Waals surface area contributed by atoms with Gasteiger partial charge in [-0.1, -0.05) is 101 Å². The smallest absolute Gasteiger partial charge is 0.124 e. The van der Waals surface area contributed by atoms with Gasteiger partial charge in [0.15, 0.2) is 0 Å². The third-order valence-electron chi connectivity index (χ3n) is 12.0. The molecule has 0 fully saturated rings. The number of imidazole rings is 3. The van der Waals surface area contributed by atoms with E-state index in [9.17, 15) is 5.11 Å². The number of thiazole rings is 3. The summed E-state index contributed by atoms with van der Waals surface area (Å²) >= 11 is 22.4. The Hall–Kier alpha value is -7.28. The highest BCUT2D eigenvalue weighted by Crippen LogP contribution is 2.34. The molecule has 6 heterocycles. The van der Waals surface area contributed by atoms with E-state index in [-0.39, 0.29) is 12.1 Å². The third kappa shape index (κ3) is 11.0. The minimum Gasteiger partial charge on any atom is -0.389 e. The molecule has 0 amide bonds. The van der Waals surface area contributed by atoms with Crippen molar-refractivity contribution in [2.75, 3.05) is 0 Å². The van der Waals surface area contributed by atoms with Crippen LogP contribution < -0.4 is 5.73 Å².